The standard InChI is InChI=1S/C14H20N4O/c1-10(2)19-13-6-4-12(5-7-13)18(3)9-11-8-14(15)17-16-11/h4-8,10H,9H2,1-3H3,(H3,15,16,17). The molecule has 0 spiro atoms. The summed E-state index contributed by atoms with van der Waals surface area (Å²) in [5, 5.41) is 6.82. The summed E-state index contributed by atoms with van der Waals surface area (Å²) in [4.78, 5) is 2.12. The molecule has 1 heterocycles. The number of anilines is 2. The van der Waals surface area contributed by atoms with Crippen LogP contribution < -0.4 is 15.4 Å². The molecule has 0 saturated carbocycles. The first kappa shape index (κ1) is 13.3. The van der Waals surface area contributed by atoms with E-state index in [0.717, 1.165) is 23.7 Å². The summed E-state index contributed by atoms with van der Waals surface area (Å²) < 4.78 is 5.62. The summed E-state index contributed by atoms with van der Waals surface area (Å²) in [5.74, 6) is 1.40. The van der Waals surface area contributed by atoms with Gasteiger partial charge in [-0.05, 0) is 38.1 Å². The molecule has 0 aliphatic heterocycles. The Morgan fingerprint density at radius 2 is 2.00 bits per heavy atom. The highest BCUT2D eigenvalue weighted by molar-refractivity contribution is 5.48. The van der Waals surface area contributed by atoms with Gasteiger partial charge in [0.25, 0.3) is 0 Å². The van der Waals surface area contributed by atoms with E-state index >= 15 is 0 Å². The molecule has 0 aliphatic carbocycles. The van der Waals surface area contributed by atoms with Gasteiger partial charge in [-0.3, -0.25) is 5.10 Å². The molecule has 102 valence electrons. The predicted octanol–water partition coefficient (Wildman–Crippen LogP) is 2.42. The molecule has 0 bridgehead atoms. The van der Waals surface area contributed by atoms with Gasteiger partial charge in [0.05, 0.1) is 18.3 Å². The second-order valence-electron chi connectivity index (χ2n) is 4.83. The van der Waals surface area contributed by atoms with E-state index in [2.05, 4.69) is 15.1 Å². The minimum Gasteiger partial charge on any atom is -0.491 e. The molecule has 0 amide bonds. The quantitative estimate of drug-likeness (QED) is 0.866. The molecule has 1 aromatic carbocycles. The van der Waals surface area contributed by atoms with E-state index in [1.165, 1.54) is 0 Å². The zero-order valence-corrected chi connectivity index (χ0v) is 11.6. The van der Waals surface area contributed by atoms with Crippen molar-refractivity contribution in [1.29, 1.82) is 0 Å². The number of benzene rings is 1. The second-order valence-corrected chi connectivity index (χ2v) is 4.83. The molecule has 1 aromatic heterocycles. The van der Waals surface area contributed by atoms with Crippen LogP contribution in [0.3, 0.4) is 0 Å². The number of aromatic nitrogens is 2. The van der Waals surface area contributed by atoms with Crippen molar-refractivity contribution in [2.75, 3.05) is 17.7 Å². The number of ether oxygens (including phenoxy) is 1. The maximum Gasteiger partial charge on any atom is 0.145 e. The Kier molecular flexibility index (Phi) is 3.94. The Bertz CT molecular complexity index is 518. The van der Waals surface area contributed by atoms with Gasteiger partial charge in [0.15, 0.2) is 0 Å². The topological polar surface area (TPSA) is 67.2 Å². The van der Waals surface area contributed by atoms with Gasteiger partial charge < -0.3 is 15.4 Å². The van der Waals surface area contributed by atoms with Crippen LogP contribution in [0.2, 0.25) is 0 Å². The molecule has 0 unspecified atom stereocenters. The van der Waals surface area contributed by atoms with E-state index in [9.17, 15) is 0 Å². The third-order valence-corrected chi connectivity index (χ3v) is 2.71. The first-order valence-corrected chi connectivity index (χ1v) is 6.32. The maximum absolute atomic E-state index is 5.62. The van der Waals surface area contributed by atoms with Crippen molar-refractivity contribution in [3.05, 3.63) is 36.0 Å². The van der Waals surface area contributed by atoms with Crippen molar-refractivity contribution in [2.45, 2.75) is 26.5 Å². The SMILES string of the molecule is CC(C)Oc1ccc(N(C)Cc2cc(N)n[nH]2)cc1. The Hall–Kier alpha value is -2.17. The van der Waals surface area contributed by atoms with Gasteiger partial charge in [0, 0.05) is 18.8 Å². The minimum absolute atomic E-state index is 0.191. The van der Waals surface area contributed by atoms with Crippen LogP contribution in [0.5, 0.6) is 5.75 Å². The lowest BCUT2D eigenvalue weighted by Gasteiger charge is -2.19. The van der Waals surface area contributed by atoms with Crippen molar-refractivity contribution in [3.63, 3.8) is 0 Å². The molecule has 2 rings (SSSR count). The molecule has 2 aromatic rings. The molecule has 0 radical (unpaired) electrons. The van der Waals surface area contributed by atoms with Crippen molar-refractivity contribution in [2.24, 2.45) is 0 Å². The second kappa shape index (κ2) is 5.65. The Morgan fingerprint density at radius 3 is 2.53 bits per heavy atom. The predicted molar refractivity (Wildman–Crippen MR) is 77.3 cm³/mol. The summed E-state index contributed by atoms with van der Waals surface area (Å²) in [7, 11) is 2.02. The molecule has 3 N–H and O–H groups in total. The molecule has 0 fully saturated rings. The third-order valence-electron chi connectivity index (χ3n) is 2.71. The van der Waals surface area contributed by atoms with E-state index < -0.39 is 0 Å². The van der Waals surface area contributed by atoms with Crippen molar-refractivity contribution in [3.8, 4) is 5.75 Å². The molecule has 0 atom stereocenters. The first-order chi connectivity index (χ1) is 9.04. The van der Waals surface area contributed by atoms with Crippen LogP contribution in [0, 0.1) is 0 Å². The van der Waals surface area contributed by atoms with Gasteiger partial charge in [-0.15, -0.1) is 0 Å². The lowest BCUT2D eigenvalue weighted by Crippen LogP contribution is -2.16. The van der Waals surface area contributed by atoms with Crippen LogP contribution in [0.1, 0.15) is 19.5 Å². The molecule has 5 nitrogen and oxygen atoms in total. The summed E-state index contributed by atoms with van der Waals surface area (Å²) in [5.41, 5.74) is 7.69. The molecule has 19 heavy (non-hydrogen) atoms. The number of nitrogens with two attached hydrogens (primary N) is 1. The summed E-state index contributed by atoms with van der Waals surface area (Å²) >= 11 is 0. The number of nitrogens with zero attached hydrogens (tertiary/aromatic N) is 2. The van der Waals surface area contributed by atoms with Crippen LogP contribution in [-0.4, -0.2) is 23.3 Å². The fraction of sp³-hybridized carbons (Fsp3) is 0.357. The summed E-state index contributed by atoms with van der Waals surface area (Å²) in [6.07, 6.45) is 0.191. The molecule has 0 saturated heterocycles. The lowest BCUT2D eigenvalue weighted by molar-refractivity contribution is 0.242. The zero-order valence-electron chi connectivity index (χ0n) is 11.6. The minimum atomic E-state index is 0.191. The van der Waals surface area contributed by atoms with E-state index in [-0.39, 0.29) is 6.10 Å². The van der Waals surface area contributed by atoms with Crippen molar-refractivity contribution >= 4 is 11.5 Å². The van der Waals surface area contributed by atoms with Crippen LogP contribution in [0.4, 0.5) is 11.5 Å². The molecule has 0 aliphatic rings. The highest BCUT2D eigenvalue weighted by Crippen LogP contribution is 2.20. The highest BCUT2D eigenvalue weighted by atomic mass is 16.5. The number of hydrogen-bond donors (Lipinski definition) is 2. The Morgan fingerprint density at radius 1 is 1.32 bits per heavy atom. The van der Waals surface area contributed by atoms with E-state index in [1.807, 2.05) is 51.2 Å². The number of nitrogen functional groups attached to an aromatic ring is 1. The van der Waals surface area contributed by atoms with Crippen molar-refractivity contribution < 1.29 is 4.74 Å². The summed E-state index contributed by atoms with van der Waals surface area (Å²) in [6.45, 7) is 4.76. The maximum atomic E-state index is 5.62. The largest absolute Gasteiger partial charge is 0.491 e. The number of nitrogens with one attached hydrogen (secondary N) is 1. The number of aromatic amines is 1. The van der Waals surface area contributed by atoms with Gasteiger partial charge in [-0.2, -0.15) is 5.10 Å². The average Bonchev–Trinajstić information content (AvgIpc) is 2.75. The monoisotopic (exact) mass is 260 g/mol. The number of rotatable bonds is 5. The van der Waals surface area contributed by atoms with Gasteiger partial charge in [0.1, 0.15) is 11.6 Å². The van der Waals surface area contributed by atoms with Gasteiger partial charge >= 0.3 is 0 Å². The molecule has 5 heteroatoms. The highest BCUT2D eigenvalue weighted by Gasteiger charge is 2.05. The van der Waals surface area contributed by atoms with Crippen LogP contribution in [-0.2, 0) is 6.54 Å². The van der Waals surface area contributed by atoms with Gasteiger partial charge in [-0.1, -0.05) is 0 Å². The Balaban J connectivity index is 2.01. The van der Waals surface area contributed by atoms with Crippen molar-refractivity contribution in [1.82, 2.24) is 10.2 Å². The third kappa shape index (κ3) is 3.64. The number of H-pyrrole nitrogens is 1. The van der Waals surface area contributed by atoms with Crippen LogP contribution >= 0.6 is 0 Å². The van der Waals surface area contributed by atoms with Crippen LogP contribution in [0.15, 0.2) is 30.3 Å². The fourth-order valence-corrected chi connectivity index (χ4v) is 1.86. The lowest BCUT2D eigenvalue weighted by atomic mass is 10.2. The normalized spacial score (nSPS) is 10.7. The molecular formula is C14H20N4O. The van der Waals surface area contributed by atoms with Gasteiger partial charge in [0.2, 0.25) is 0 Å². The van der Waals surface area contributed by atoms with E-state index in [1.54, 1.807) is 0 Å². The van der Waals surface area contributed by atoms with E-state index in [0.29, 0.717) is 5.82 Å². The number of hydrogen-bond acceptors (Lipinski definition) is 4. The average molecular weight is 260 g/mol. The van der Waals surface area contributed by atoms with Crippen LogP contribution in [0.25, 0.3) is 0 Å². The Labute approximate surface area is 113 Å². The zero-order chi connectivity index (χ0) is 13.8. The first-order valence-electron chi connectivity index (χ1n) is 6.32. The smallest absolute Gasteiger partial charge is 0.145 e. The fourth-order valence-electron chi connectivity index (χ4n) is 1.86. The van der Waals surface area contributed by atoms with Gasteiger partial charge in [-0.25, -0.2) is 0 Å². The molecular weight excluding hydrogens is 240 g/mol. The van der Waals surface area contributed by atoms with E-state index in [4.69, 9.17) is 10.5 Å². The summed E-state index contributed by atoms with van der Waals surface area (Å²) in [6, 6.07) is 9.88.